The Hall–Kier alpha value is -1.36. The average Bonchev–Trinajstić information content (AvgIpc) is 2.81. The van der Waals surface area contributed by atoms with Crippen molar-refractivity contribution in [1.29, 1.82) is 0 Å². The highest BCUT2D eigenvalue weighted by atomic mass is 35.5. The third-order valence-corrected chi connectivity index (χ3v) is 4.03. The minimum atomic E-state index is 0.664. The first-order chi connectivity index (χ1) is 9.29. The Morgan fingerprint density at radius 3 is 3.16 bits per heavy atom. The first-order valence-corrected chi connectivity index (χ1v) is 7.30. The Morgan fingerprint density at radius 1 is 1.42 bits per heavy atom. The lowest BCUT2D eigenvalue weighted by Gasteiger charge is -2.33. The van der Waals surface area contributed by atoms with Gasteiger partial charge in [0.2, 0.25) is 5.65 Å². The van der Waals surface area contributed by atoms with Gasteiger partial charge in [-0.05, 0) is 32.1 Å². The van der Waals surface area contributed by atoms with E-state index in [2.05, 4.69) is 20.1 Å². The molecule has 0 aliphatic carbocycles. The van der Waals surface area contributed by atoms with Gasteiger partial charge in [-0.2, -0.15) is 0 Å². The molecule has 0 aromatic carbocycles. The lowest BCUT2D eigenvalue weighted by atomic mass is 9.95. The van der Waals surface area contributed by atoms with Gasteiger partial charge in [0.15, 0.2) is 5.82 Å². The zero-order chi connectivity index (χ0) is 13.2. The molecule has 102 valence electrons. The summed E-state index contributed by atoms with van der Waals surface area (Å²) in [5.41, 5.74) is 0.853. The van der Waals surface area contributed by atoms with E-state index < -0.39 is 0 Å². The van der Waals surface area contributed by atoms with Crippen LogP contribution >= 0.6 is 11.6 Å². The largest absolute Gasteiger partial charge is 0.353 e. The van der Waals surface area contributed by atoms with Crippen LogP contribution in [0.3, 0.4) is 0 Å². The van der Waals surface area contributed by atoms with Crippen molar-refractivity contribution in [2.75, 3.05) is 23.9 Å². The molecule has 0 N–H and O–H groups in total. The summed E-state index contributed by atoms with van der Waals surface area (Å²) in [5, 5.41) is 8.38. The number of piperidine rings is 1. The number of fused-ring (bicyclic) bond motifs is 1. The maximum Gasteiger partial charge on any atom is 0.203 e. The molecule has 3 rings (SSSR count). The number of hydrogen-bond donors (Lipinski definition) is 0. The Kier molecular flexibility index (Phi) is 3.55. The van der Waals surface area contributed by atoms with Gasteiger partial charge < -0.3 is 4.90 Å². The van der Waals surface area contributed by atoms with E-state index in [4.69, 9.17) is 11.6 Å². The predicted molar refractivity (Wildman–Crippen MR) is 75.8 cm³/mol. The highest BCUT2D eigenvalue weighted by molar-refractivity contribution is 6.17. The van der Waals surface area contributed by atoms with Crippen molar-refractivity contribution in [2.45, 2.75) is 26.2 Å². The van der Waals surface area contributed by atoms with Gasteiger partial charge >= 0.3 is 0 Å². The van der Waals surface area contributed by atoms with E-state index in [-0.39, 0.29) is 0 Å². The Bertz CT molecular complexity index is 565. The first kappa shape index (κ1) is 12.7. The molecule has 2 aromatic heterocycles. The summed E-state index contributed by atoms with van der Waals surface area (Å²) in [6, 6.07) is 0. The summed E-state index contributed by atoms with van der Waals surface area (Å²) in [6.07, 6.45) is 7.26. The lowest BCUT2D eigenvalue weighted by molar-refractivity contribution is 0.405. The summed E-state index contributed by atoms with van der Waals surface area (Å²) in [6.45, 7) is 4.01. The van der Waals surface area contributed by atoms with Gasteiger partial charge in [0.05, 0.1) is 0 Å². The van der Waals surface area contributed by atoms with Crippen LogP contribution in [0.25, 0.3) is 5.65 Å². The molecule has 0 saturated carbocycles. The number of aryl methyl sites for hydroxylation is 1. The molecule has 1 aliphatic heterocycles. The van der Waals surface area contributed by atoms with Crippen molar-refractivity contribution in [3.05, 3.63) is 18.2 Å². The Labute approximate surface area is 117 Å². The molecule has 1 atom stereocenters. The number of alkyl halides is 1. The molecule has 1 fully saturated rings. The second kappa shape index (κ2) is 5.33. The third kappa shape index (κ3) is 2.39. The molecule has 1 unspecified atom stereocenters. The minimum Gasteiger partial charge on any atom is -0.353 e. The van der Waals surface area contributed by atoms with Crippen molar-refractivity contribution in [1.82, 2.24) is 19.6 Å². The Balaban J connectivity index is 1.91. The number of halogens is 1. The van der Waals surface area contributed by atoms with Gasteiger partial charge in [-0.3, -0.25) is 4.40 Å². The van der Waals surface area contributed by atoms with Crippen LogP contribution < -0.4 is 4.90 Å². The highest BCUT2D eigenvalue weighted by Gasteiger charge is 2.23. The zero-order valence-corrected chi connectivity index (χ0v) is 11.8. The number of hydrogen-bond acceptors (Lipinski definition) is 4. The van der Waals surface area contributed by atoms with Crippen molar-refractivity contribution in [3.63, 3.8) is 0 Å². The van der Waals surface area contributed by atoms with E-state index in [1.807, 2.05) is 23.7 Å². The highest BCUT2D eigenvalue weighted by Crippen LogP contribution is 2.26. The van der Waals surface area contributed by atoms with Crippen LogP contribution in [0.1, 0.15) is 25.1 Å². The molecule has 2 aromatic rings. The molecule has 1 aliphatic rings. The topological polar surface area (TPSA) is 46.3 Å². The van der Waals surface area contributed by atoms with Crippen molar-refractivity contribution in [3.8, 4) is 0 Å². The fourth-order valence-electron chi connectivity index (χ4n) is 2.80. The summed E-state index contributed by atoms with van der Waals surface area (Å²) >= 11 is 5.87. The first-order valence-electron chi connectivity index (χ1n) is 6.77. The van der Waals surface area contributed by atoms with Crippen LogP contribution in [0.5, 0.6) is 0 Å². The summed E-state index contributed by atoms with van der Waals surface area (Å²) in [4.78, 5) is 6.83. The van der Waals surface area contributed by atoms with Crippen LogP contribution in [-0.2, 0) is 0 Å². The van der Waals surface area contributed by atoms with Gasteiger partial charge in [-0.1, -0.05) is 0 Å². The number of anilines is 1. The van der Waals surface area contributed by atoms with Gasteiger partial charge in [0.1, 0.15) is 5.82 Å². The molecule has 5 nitrogen and oxygen atoms in total. The van der Waals surface area contributed by atoms with E-state index in [0.29, 0.717) is 5.92 Å². The minimum absolute atomic E-state index is 0.664. The molecule has 19 heavy (non-hydrogen) atoms. The number of nitrogens with zero attached hydrogens (tertiary/aromatic N) is 5. The maximum atomic E-state index is 5.87. The Morgan fingerprint density at radius 2 is 2.32 bits per heavy atom. The second-order valence-electron chi connectivity index (χ2n) is 5.12. The zero-order valence-electron chi connectivity index (χ0n) is 11.1. The van der Waals surface area contributed by atoms with Gasteiger partial charge in [0, 0.05) is 31.4 Å². The standard InChI is InChI=1S/C13H18ClN5/c1-10-16-17-13-12(15-6-8-19(10)13)18-7-2-3-11(9-18)4-5-14/h6,8,11H,2-5,7,9H2,1H3. The molecule has 0 radical (unpaired) electrons. The number of aromatic nitrogens is 4. The summed E-state index contributed by atoms with van der Waals surface area (Å²) in [5.74, 6) is 3.24. The van der Waals surface area contributed by atoms with Crippen LogP contribution in [0, 0.1) is 12.8 Å². The smallest absolute Gasteiger partial charge is 0.203 e. The number of rotatable bonds is 3. The van der Waals surface area contributed by atoms with Crippen molar-refractivity contribution in [2.24, 2.45) is 5.92 Å². The SMILES string of the molecule is Cc1nnc2c(N3CCCC(CCCl)C3)nccn12. The molecular formula is C13H18ClN5. The lowest BCUT2D eigenvalue weighted by Crippen LogP contribution is -2.36. The quantitative estimate of drug-likeness (QED) is 0.809. The molecule has 0 spiro atoms. The van der Waals surface area contributed by atoms with E-state index in [1.165, 1.54) is 12.8 Å². The molecule has 6 heteroatoms. The van der Waals surface area contributed by atoms with Crippen molar-refractivity contribution < 1.29 is 0 Å². The maximum absolute atomic E-state index is 5.87. The van der Waals surface area contributed by atoms with Crippen LogP contribution in [0.2, 0.25) is 0 Å². The van der Waals surface area contributed by atoms with Crippen molar-refractivity contribution >= 4 is 23.1 Å². The fraction of sp³-hybridized carbons (Fsp3) is 0.615. The van der Waals surface area contributed by atoms with E-state index in [9.17, 15) is 0 Å². The normalized spacial score (nSPS) is 20.1. The van der Waals surface area contributed by atoms with E-state index >= 15 is 0 Å². The third-order valence-electron chi connectivity index (χ3n) is 3.81. The van der Waals surface area contributed by atoms with Crippen LogP contribution in [0.4, 0.5) is 5.82 Å². The van der Waals surface area contributed by atoms with Crippen LogP contribution in [0.15, 0.2) is 12.4 Å². The second-order valence-corrected chi connectivity index (χ2v) is 5.50. The van der Waals surface area contributed by atoms with E-state index in [1.54, 1.807) is 0 Å². The summed E-state index contributed by atoms with van der Waals surface area (Å²) < 4.78 is 1.99. The van der Waals surface area contributed by atoms with E-state index in [0.717, 1.165) is 42.7 Å². The van der Waals surface area contributed by atoms with Gasteiger partial charge in [-0.25, -0.2) is 4.98 Å². The van der Waals surface area contributed by atoms with Gasteiger partial charge in [-0.15, -0.1) is 21.8 Å². The average molecular weight is 280 g/mol. The molecule has 3 heterocycles. The van der Waals surface area contributed by atoms with Gasteiger partial charge in [0.25, 0.3) is 0 Å². The fourth-order valence-corrected chi connectivity index (χ4v) is 3.11. The van der Waals surface area contributed by atoms with Crippen LogP contribution in [-0.4, -0.2) is 38.6 Å². The predicted octanol–water partition coefficient (Wildman–Crippen LogP) is 2.28. The molecular weight excluding hydrogens is 262 g/mol. The molecule has 1 saturated heterocycles. The molecule has 0 bridgehead atoms. The monoisotopic (exact) mass is 279 g/mol. The molecule has 0 amide bonds. The summed E-state index contributed by atoms with van der Waals surface area (Å²) in [7, 11) is 0.